The van der Waals surface area contributed by atoms with Crippen LogP contribution in [0.15, 0.2) is 0 Å². The van der Waals surface area contributed by atoms with Crippen LogP contribution in [0, 0.1) is 0 Å². The third-order valence-corrected chi connectivity index (χ3v) is 2.78. The molecule has 0 rings (SSSR count). The van der Waals surface area contributed by atoms with Gasteiger partial charge in [-0.05, 0) is 24.1 Å². The summed E-state index contributed by atoms with van der Waals surface area (Å²) in [5.41, 5.74) is 0. The van der Waals surface area contributed by atoms with Crippen LogP contribution >= 0.6 is 18.1 Å². The predicted octanol–water partition coefficient (Wildman–Crippen LogP) is 2.76. The molecule has 3 nitrogen and oxygen atoms in total. The van der Waals surface area contributed by atoms with Gasteiger partial charge >= 0.3 is 6.87 Å². The third-order valence-electron chi connectivity index (χ3n) is 1.01. The molecular formula is C6H15ClNO2P. The summed E-state index contributed by atoms with van der Waals surface area (Å²) in [4.78, 5) is 0. The van der Waals surface area contributed by atoms with Crippen molar-refractivity contribution in [3.05, 3.63) is 0 Å². The van der Waals surface area contributed by atoms with Crippen LogP contribution in [0.2, 0.25) is 0 Å². The summed E-state index contributed by atoms with van der Waals surface area (Å²) in [7, 11) is 0. The number of hydrogen-bond acceptors (Lipinski definition) is 2. The van der Waals surface area contributed by atoms with Crippen molar-refractivity contribution >= 4 is 18.1 Å². The van der Waals surface area contributed by atoms with Crippen molar-refractivity contribution in [2.45, 2.75) is 26.7 Å². The van der Waals surface area contributed by atoms with Gasteiger partial charge in [0.05, 0.1) is 6.61 Å². The summed E-state index contributed by atoms with van der Waals surface area (Å²) in [6.07, 6.45) is 1.72. The molecule has 0 aromatic heterocycles. The van der Waals surface area contributed by atoms with E-state index in [0.29, 0.717) is 13.2 Å². The molecule has 68 valence electrons. The van der Waals surface area contributed by atoms with Crippen molar-refractivity contribution in [1.82, 2.24) is 5.09 Å². The Balaban J connectivity index is 3.53. The molecular weight excluding hydrogens is 184 g/mol. The molecule has 11 heavy (non-hydrogen) atoms. The van der Waals surface area contributed by atoms with Crippen LogP contribution in [0.1, 0.15) is 26.7 Å². The van der Waals surface area contributed by atoms with Gasteiger partial charge in [0.2, 0.25) is 0 Å². The molecule has 0 spiro atoms. The highest BCUT2D eigenvalue weighted by atomic mass is 35.7. The first-order valence-corrected chi connectivity index (χ1v) is 6.34. The van der Waals surface area contributed by atoms with E-state index in [9.17, 15) is 4.57 Å². The number of nitrogens with one attached hydrogen (secondary N) is 1. The molecule has 0 aliphatic carbocycles. The first kappa shape index (κ1) is 11.4. The van der Waals surface area contributed by atoms with E-state index in [-0.39, 0.29) is 0 Å². The molecule has 0 amide bonds. The van der Waals surface area contributed by atoms with Gasteiger partial charge in [-0.2, -0.15) is 0 Å². The smallest absolute Gasteiger partial charge is 0.306 e. The standard InChI is InChI=1S/C6H15ClNO2P/c1-3-5-8-11(7,9)10-6-4-2/h3-6H2,1-2H3,(H,8,9). The van der Waals surface area contributed by atoms with Crippen LogP contribution in [-0.4, -0.2) is 13.2 Å². The zero-order valence-corrected chi connectivity index (χ0v) is 8.62. The molecule has 1 atom stereocenters. The Kier molecular flexibility index (Phi) is 6.25. The quantitative estimate of drug-likeness (QED) is 0.669. The van der Waals surface area contributed by atoms with Crippen molar-refractivity contribution in [1.29, 1.82) is 0 Å². The lowest BCUT2D eigenvalue weighted by Gasteiger charge is -2.10. The Morgan fingerprint density at radius 3 is 2.55 bits per heavy atom. The van der Waals surface area contributed by atoms with Crippen LogP contribution in [0.4, 0.5) is 0 Å². The van der Waals surface area contributed by atoms with E-state index in [1.807, 2.05) is 13.8 Å². The molecule has 0 aromatic rings. The highest BCUT2D eigenvalue weighted by Crippen LogP contribution is 2.47. The van der Waals surface area contributed by atoms with Crippen LogP contribution < -0.4 is 5.09 Å². The van der Waals surface area contributed by atoms with Gasteiger partial charge in [-0.25, -0.2) is 5.09 Å². The van der Waals surface area contributed by atoms with Gasteiger partial charge in [0.25, 0.3) is 0 Å². The molecule has 0 radical (unpaired) electrons. The molecule has 0 heterocycles. The second-order valence-electron chi connectivity index (χ2n) is 2.22. The maximum Gasteiger partial charge on any atom is 0.360 e. The lowest BCUT2D eigenvalue weighted by Crippen LogP contribution is -2.10. The van der Waals surface area contributed by atoms with Gasteiger partial charge in [0.15, 0.2) is 0 Å². The molecule has 0 saturated carbocycles. The molecule has 0 fully saturated rings. The Hall–Kier alpha value is 0.440. The minimum atomic E-state index is -3.00. The van der Waals surface area contributed by atoms with E-state index in [0.717, 1.165) is 12.8 Å². The minimum Gasteiger partial charge on any atom is -0.306 e. The summed E-state index contributed by atoms with van der Waals surface area (Å²) in [6.45, 7) is 1.99. The van der Waals surface area contributed by atoms with E-state index in [4.69, 9.17) is 15.8 Å². The van der Waals surface area contributed by atoms with Gasteiger partial charge in [-0.1, -0.05) is 13.8 Å². The molecule has 0 saturated heterocycles. The Morgan fingerprint density at radius 1 is 1.45 bits per heavy atom. The Labute approximate surface area is 72.8 Å². The van der Waals surface area contributed by atoms with E-state index >= 15 is 0 Å². The van der Waals surface area contributed by atoms with Crippen LogP contribution in [-0.2, 0) is 9.09 Å². The maximum atomic E-state index is 11.2. The second-order valence-corrected chi connectivity index (χ2v) is 5.09. The zero-order chi connectivity index (χ0) is 8.74. The largest absolute Gasteiger partial charge is 0.360 e. The highest BCUT2D eigenvalue weighted by molar-refractivity contribution is 7.83. The van der Waals surface area contributed by atoms with Gasteiger partial charge in [0, 0.05) is 6.54 Å². The fraction of sp³-hybridized carbons (Fsp3) is 1.00. The van der Waals surface area contributed by atoms with E-state index < -0.39 is 6.87 Å². The molecule has 0 bridgehead atoms. The topological polar surface area (TPSA) is 38.3 Å². The predicted molar refractivity (Wildman–Crippen MR) is 48.0 cm³/mol. The SMILES string of the molecule is CCCNP(=O)(Cl)OCCC. The lowest BCUT2D eigenvalue weighted by atomic mass is 10.5. The van der Waals surface area contributed by atoms with E-state index in [1.54, 1.807) is 0 Å². The summed E-state index contributed by atoms with van der Waals surface area (Å²) < 4.78 is 16.1. The first-order chi connectivity index (χ1) is 5.12. The molecule has 1 unspecified atom stereocenters. The minimum absolute atomic E-state index is 0.442. The fourth-order valence-corrected chi connectivity index (χ4v) is 1.96. The van der Waals surface area contributed by atoms with Crippen molar-refractivity contribution < 1.29 is 9.09 Å². The highest BCUT2D eigenvalue weighted by Gasteiger charge is 2.16. The lowest BCUT2D eigenvalue weighted by molar-refractivity contribution is 0.317. The first-order valence-electron chi connectivity index (χ1n) is 3.81. The van der Waals surface area contributed by atoms with E-state index in [2.05, 4.69) is 5.09 Å². The van der Waals surface area contributed by atoms with Crippen LogP contribution in [0.5, 0.6) is 0 Å². The number of halogens is 1. The summed E-state index contributed by atoms with van der Waals surface area (Å²) in [5, 5.41) is 2.64. The van der Waals surface area contributed by atoms with E-state index in [1.165, 1.54) is 0 Å². The van der Waals surface area contributed by atoms with Crippen molar-refractivity contribution in [3.8, 4) is 0 Å². The Morgan fingerprint density at radius 2 is 2.09 bits per heavy atom. The van der Waals surface area contributed by atoms with Gasteiger partial charge < -0.3 is 4.52 Å². The van der Waals surface area contributed by atoms with Gasteiger partial charge in [-0.3, -0.25) is 4.57 Å². The third kappa shape index (κ3) is 6.82. The summed E-state index contributed by atoms with van der Waals surface area (Å²) >= 11 is 5.52. The molecule has 1 N–H and O–H groups in total. The van der Waals surface area contributed by atoms with Crippen LogP contribution in [0.25, 0.3) is 0 Å². The number of rotatable bonds is 6. The average molecular weight is 200 g/mol. The summed E-state index contributed by atoms with van der Waals surface area (Å²) in [5.74, 6) is 0. The Bertz CT molecular complexity index is 131. The second kappa shape index (κ2) is 6.01. The molecule has 5 heteroatoms. The number of hydrogen-bond donors (Lipinski definition) is 1. The van der Waals surface area contributed by atoms with Crippen molar-refractivity contribution in [3.63, 3.8) is 0 Å². The molecule has 0 aliphatic heterocycles. The van der Waals surface area contributed by atoms with Gasteiger partial charge in [-0.15, -0.1) is 0 Å². The normalized spacial score (nSPS) is 16.3. The van der Waals surface area contributed by atoms with Gasteiger partial charge in [0.1, 0.15) is 0 Å². The molecule has 0 aromatic carbocycles. The average Bonchev–Trinajstić information content (AvgIpc) is 1.97. The molecule has 0 aliphatic rings. The zero-order valence-electron chi connectivity index (χ0n) is 6.97. The monoisotopic (exact) mass is 199 g/mol. The maximum absolute atomic E-state index is 11.2. The van der Waals surface area contributed by atoms with Crippen molar-refractivity contribution in [2.75, 3.05) is 13.2 Å². The van der Waals surface area contributed by atoms with Crippen molar-refractivity contribution in [2.24, 2.45) is 0 Å². The summed E-state index contributed by atoms with van der Waals surface area (Å²) in [6, 6.07) is 0. The fourth-order valence-electron chi connectivity index (χ4n) is 0.500. The van der Waals surface area contributed by atoms with Crippen LogP contribution in [0.3, 0.4) is 0 Å².